The van der Waals surface area contributed by atoms with E-state index in [1.807, 2.05) is 19.1 Å². The van der Waals surface area contributed by atoms with E-state index in [0.29, 0.717) is 32.7 Å². The van der Waals surface area contributed by atoms with Crippen LogP contribution < -0.4 is 5.32 Å². The first-order chi connectivity index (χ1) is 13.2. The van der Waals surface area contributed by atoms with Crippen molar-refractivity contribution in [1.82, 2.24) is 9.80 Å². The van der Waals surface area contributed by atoms with Gasteiger partial charge in [-0.1, -0.05) is 18.2 Å². The minimum atomic E-state index is -4.45. The Morgan fingerprint density at radius 3 is 2.46 bits per heavy atom. The number of aryl methyl sites for hydroxylation is 1. The van der Waals surface area contributed by atoms with Gasteiger partial charge in [-0.2, -0.15) is 13.2 Å². The molecule has 1 fully saturated rings. The molecule has 150 valence electrons. The summed E-state index contributed by atoms with van der Waals surface area (Å²) in [6, 6.07) is 9.69. The molecule has 0 saturated carbocycles. The van der Waals surface area contributed by atoms with E-state index in [0.717, 1.165) is 23.3 Å². The van der Waals surface area contributed by atoms with Crippen LogP contribution in [0.5, 0.6) is 5.75 Å². The van der Waals surface area contributed by atoms with Gasteiger partial charge in [0.2, 0.25) is 0 Å². The number of anilines is 1. The molecule has 0 bridgehead atoms. The Labute approximate surface area is 161 Å². The summed E-state index contributed by atoms with van der Waals surface area (Å²) in [7, 11) is 0. The van der Waals surface area contributed by atoms with Crippen molar-refractivity contribution < 1.29 is 23.1 Å². The summed E-state index contributed by atoms with van der Waals surface area (Å²) >= 11 is 0. The Morgan fingerprint density at radius 1 is 1.11 bits per heavy atom. The first-order valence-electron chi connectivity index (χ1n) is 8.96. The second-order valence-corrected chi connectivity index (χ2v) is 6.89. The average Bonchev–Trinajstić information content (AvgIpc) is 2.65. The van der Waals surface area contributed by atoms with E-state index in [2.05, 4.69) is 10.2 Å². The molecule has 28 heavy (non-hydrogen) atoms. The number of benzene rings is 2. The van der Waals surface area contributed by atoms with Gasteiger partial charge in [0.05, 0.1) is 5.56 Å². The third-order valence-electron chi connectivity index (χ3n) is 4.77. The van der Waals surface area contributed by atoms with Gasteiger partial charge in [-0.15, -0.1) is 0 Å². The maximum Gasteiger partial charge on any atom is 0.416 e. The SMILES string of the molecule is Cc1cc(CN2CCN(C(=O)Nc3cccc(C(F)(F)F)c3)CC2)ccc1O. The number of phenolic OH excluding ortho intramolecular Hbond substituents is 1. The van der Waals surface area contributed by atoms with Crippen molar-refractivity contribution in [1.29, 1.82) is 0 Å². The highest BCUT2D eigenvalue weighted by molar-refractivity contribution is 5.89. The van der Waals surface area contributed by atoms with Gasteiger partial charge < -0.3 is 15.3 Å². The second-order valence-electron chi connectivity index (χ2n) is 6.89. The van der Waals surface area contributed by atoms with Crippen LogP contribution in [-0.2, 0) is 12.7 Å². The quantitative estimate of drug-likeness (QED) is 0.827. The molecule has 0 spiro atoms. The number of nitrogens with one attached hydrogen (secondary N) is 1. The van der Waals surface area contributed by atoms with E-state index >= 15 is 0 Å². The fraction of sp³-hybridized carbons (Fsp3) is 0.350. The molecule has 1 saturated heterocycles. The lowest BCUT2D eigenvalue weighted by Crippen LogP contribution is -2.49. The third-order valence-corrected chi connectivity index (χ3v) is 4.77. The second kappa shape index (κ2) is 8.10. The Kier molecular flexibility index (Phi) is 5.79. The molecule has 2 aromatic rings. The molecule has 1 aliphatic heterocycles. The first kappa shape index (κ1) is 20.0. The molecule has 0 aromatic heterocycles. The van der Waals surface area contributed by atoms with E-state index in [-0.39, 0.29) is 11.4 Å². The number of piperazine rings is 1. The largest absolute Gasteiger partial charge is 0.508 e. The maximum absolute atomic E-state index is 12.8. The summed E-state index contributed by atoms with van der Waals surface area (Å²) in [6.45, 7) is 4.86. The van der Waals surface area contributed by atoms with Gasteiger partial charge in [0.25, 0.3) is 0 Å². The number of halogens is 3. The van der Waals surface area contributed by atoms with Gasteiger partial charge >= 0.3 is 12.2 Å². The lowest BCUT2D eigenvalue weighted by Gasteiger charge is -2.34. The lowest BCUT2D eigenvalue weighted by atomic mass is 10.1. The number of aromatic hydroxyl groups is 1. The minimum absolute atomic E-state index is 0.127. The van der Waals surface area contributed by atoms with Crippen molar-refractivity contribution in [2.75, 3.05) is 31.5 Å². The first-order valence-corrected chi connectivity index (χ1v) is 8.96. The number of hydrogen-bond donors (Lipinski definition) is 2. The summed E-state index contributed by atoms with van der Waals surface area (Å²) in [5.41, 5.74) is 1.23. The number of phenols is 1. The smallest absolute Gasteiger partial charge is 0.416 e. The normalized spacial score (nSPS) is 15.5. The predicted molar refractivity (Wildman–Crippen MR) is 100 cm³/mol. The number of carbonyl (C=O) groups is 1. The number of amides is 2. The molecular formula is C20H22F3N3O2. The van der Waals surface area contributed by atoms with Gasteiger partial charge in [-0.3, -0.25) is 4.90 Å². The van der Waals surface area contributed by atoms with Gasteiger partial charge in [0.15, 0.2) is 0 Å². The maximum atomic E-state index is 12.8. The van der Waals surface area contributed by atoms with Crippen LogP contribution in [0, 0.1) is 6.92 Å². The molecule has 8 heteroatoms. The molecule has 0 atom stereocenters. The average molecular weight is 393 g/mol. The van der Waals surface area contributed by atoms with E-state index in [1.165, 1.54) is 12.1 Å². The summed E-state index contributed by atoms with van der Waals surface area (Å²) in [6.07, 6.45) is -4.45. The van der Waals surface area contributed by atoms with Gasteiger partial charge in [0, 0.05) is 38.4 Å². The van der Waals surface area contributed by atoms with Crippen LogP contribution in [0.2, 0.25) is 0 Å². The number of nitrogens with zero attached hydrogens (tertiary/aromatic N) is 2. The molecule has 5 nitrogen and oxygen atoms in total. The Balaban J connectivity index is 1.53. The van der Waals surface area contributed by atoms with E-state index in [9.17, 15) is 23.1 Å². The summed E-state index contributed by atoms with van der Waals surface area (Å²) in [5, 5.41) is 12.1. The Morgan fingerprint density at radius 2 is 1.82 bits per heavy atom. The number of carbonyl (C=O) groups excluding carboxylic acids is 1. The summed E-state index contributed by atoms with van der Waals surface area (Å²) in [5.74, 6) is 0.264. The van der Waals surface area contributed by atoms with E-state index < -0.39 is 17.8 Å². The molecule has 1 heterocycles. The van der Waals surface area contributed by atoms with E-state index in [1.54, 1.807) is 11.0 Å². The van der Waals surface area contributed by atoms with Crippen molar-refractivity contribution in [2.24, 2.45) is 0 Å². The standard InChI is InChI=1S/C20H22F3N3O2/c1-14-11-15(5-6-18(14)27)13-25-7-9-26(10-8-25)19(28)24-17-4-2-3-16(12-17)20(21,22)23/h2-6,11-12,27H,7-10,13H2,1H3,(H,24,28). The molecule has 0 radical (unpaired) electrons. The van der Waals surface area contributed by atoms with Crippen LogP contribution in [0.15, 0.2) is 42.5 Å². The summed E-state index contributed by atoms with van der Waals surface area (Å²) < 4.78 is 38.4. The number of rotatable bonds is 3. The molecule has 0 aliphatic carbocycles. The van der Waals surface area contributed by atoms with Crippen LogP contribution in [0.4, 0.5) is 23.7 Å². The van der Waals surface area contributed by atoms with Crippen LogP contribution in [0.25, 0.3) is 0 Å². The highest BCUT2D eigenvalue weighted by Gasteiger charge is 2.30. The Hall–Kier alpha value is -2.74. The van der Waals surface area contributed by atoms with Crippen molar-refractivity contribution in [3.05, 3.63) is 59.2 Å². The highest BCUT2D eigenvalue weighted by atomic mass is 19.4. The molecule has 2 aromatic carbocycles. The van der Waals surface area contributed by atoms with E-state index in [4.69, 9.17) is 0 Å². The molecule has 1 aliphatic rings. The lowest BCUT2D eigenvalue weighted by molar-refractivity contribution is -0.137. The van der Waals surface area contributed by atoms with Crippen molar-refractivity contribution in [3.8, 4) is 5.75 Å². The molecular weight excluding hydrogens is 371 g/mol. The van der Waals surface area contributed by atoms with Crippen LogP contribution in [0.1, 0.15) is 16.7 Å². The zero-order valence-electron chi connectivity index (χ0n) is 15.5. The Bertz CT molecular complexity index is 847. The number of urea groups is 1. The summed E-state index contributed by atoms with van der Waals surface area (Å²) in [4.78, 5) is 16.2. The fourth-order valence-electron chi connectivity index (χ4n) is 3.16. The van der Waals surface area contributed by atoms with Crippen molar-refractivity contribution in [2.45, 2.75) is 19.6 Å². The van der Waals surface area contributed by atoms with Gasteiger partial charge in [-0.25, -0.2) is 4.79 Å². The fourth-order valence-corrected chi connectivity index (χ4v) is 3.16. The zero-order chi connectivity index (χ0) is 20.3. The molecule has 2 amide bonds. The molecule has 0 unspecified atom stereocenters. The van der Waals surface area contributed by atoms with Gasteiger partial charge in [0.1, 0.15) is 5.75 Å². The molecule has 3 rings (SSSR count). The van der Waals surface area contributed by atoms with Crippen LogP contribution in [0.3, 0.4) is 0 Å². The number of alkyl halides is 3. The van der Waals surface area contributed by atoms with Crippen LogP contribution in [-0.4, -0.2) is 47.1 Å². The monoisotopic (exact) mass is 393 g/mol. The van der Waals surface area contributed by atoms with Crippen molar-refractivity contribution >= 4 is 11.7 Å². The zero-order valence-corrected chi connectivity index (χ0v) is 15.5. The highest BCUT2D eigenvalue weighted by Crippen LogP contribution is 2.30. The third kappa shape index (κ3) is 4.95. The topological polar surface area (TPSA) is 55.8 Å². The molecule has 2 N–H and O–H groups in total. The number of hydrogen-bond acceptors (Lipinski definition) is 3. The van der Waals surface area contributed by atoms with Crippen molar-refractivity contribution in [3.63, 3.8) is 0 Å². The predicted octanol–water partition coefficient (Wildman–Crippen LogP) is 4.07. The minimum Gasteiger partial charge on any atom is -0.508 e. The van der Waals surface area contributed by atoms with Gasteiger partial charge in [-0.05, 0) is 42.3 Å². The van der Waals surface area contributed by atoms with Crippen LogP contribution >= 0.6 is 0 Å².